The largest absolute Gasteiger partial charge is 0.322 e. The summed E-state index contributed by atoms with van der Waals surface area (Å²) in [5.41, 5.74) is 3.70. The Morgan fingerprint density at radius 3 is 2.40 bits per heavy atom. The molecular weight excluding hydrogens is 370 g/mol. The Balaban J connectivity index is 0.00000272. The number of para-hydroxylation sites is 1. The Kier molecular flexibility index (Phi) is 6.14. The van der Waals surface area contributed by atoms with E-state index in [0.29, 0.717) is 6.04 Å². The second kappa shape index (κ2) is 8.81. The van der Waals surface area contributed by atoms with Crippen LogP contribution in [0, 0.1) is 0 Å². The number of anilines is 1. The third-order valence-electron chi connectivity index (χ3n) is 6.65. The van der Waals surface area contributed by atoms with E-state index in [1.54, 1.807) is 0 Å². The van der Waals surface area contributed by atoms with E-state index >= 15 is 0 Å². The molecule has 2 amide bonds. The maximum atomic E-state index is 13.3. The summed E-state index contributed by atoms with van der Waals surface area (Å²) in [7, 11) is 0. The highest BCUT2D eigenvalue weighted by molar-refractivity contribution is 5.89. The zero-order valence-corrected chi connectivity index (χ0v) is 18.6. The zero-order valence-electron chi connectivity index (χ0n) is 18.6. The molecule has 30 heavy (non-hydrogen) atoms. The molecule has 2 fully saturated rings. The van der Waals surface area contributed by atoms with Crippen molar-refractivity contribution < 1.29 is 6.22 Å². The van der Waals surface area contributed by atoms with E-state index in [9.17, 15) is 4.79 Å². The smallest absolute Gasteiger partial charge is 0.320 e. The number of nitrogens with one attached hydrogen (secondary N) is 1. The first kappa shape index (κ1) is 20.9. The Morgan fingerprint density at radius 1 is 1.00 bits per heavy atom. The number of carbonyl (C=O) groups is 1. The van der Waals surface area contributed by atoms with Gasteiger partial charge in [-0.1, -0.05) is 63.2 Å². The molecule has 162 valence electrons. The predicted octanol–water partition coefficient (Wildman–Crippen LogP) is 5.54. The highest BCUT2D eigenvalue weighted by Crippen LogP contribution is 2.30. The van der Waals surface area contributed by atoms with Gasteiger partial charge in [-0.2, -0.15) is 0 Å². The SMILES string of the molecule is CC(C)(C)c1ccc(CC2[C@@H]3CCCN3CCCN2C(=O)Nc2ccccc2)cc1.[HH]. The van der Waals surface area contributed by atoms with Crippen LogP contribution in [0.25, 0.3) is 0 Å². The molecule has 1 N–H and O–H groups in total. The molecule has 0 bridgehead atoms. The maximum Gasteiger partial charge on any atom is 0.322 e. The fourth-order valence-corrected chi connectivity index (χ4v) is 4.98. The first-order valence-corrected chi connectivity index (χ1v) is 11.4. The van der Waals surface area contributed by atoms with E-state index in [2.05, 4.69) is 60.2 Å². The molecule has 2 aromatic rings. The number of benzene rings is 2. The number of urea groups is 1. The van der Waals surface area contributed by atoms with Gasteiger partial charge >= 0.3 is 6.03 Å². The van der Waals surface area contributed by atoms with Gasteiger partial charge in [0.2, 0.25) is 0 Å². The normalized spacial score (nSPS) is 22.4. The van der Waals surface area contributed by atoms with Crippen molar-refractivity contribution >= 4 is 11.7 Å². The molecule has 1 unspecified atom stereocenters. The second-order valence-electron chi connectivity index (χ2n) is 9.81. The number of amides is 2. The average Bonchev–Trinajstić information content (AvgIpc) is 3.12. The molecule has 2 aromatic carbocycles. The molecule has 0 saturated carbocycles. The van der Waals surface area contributed by atoms with E-state index in [4.69, 9.17) is 0 Å². The lowest BCUT2D eigenvalue weighted by Crippen LogP contribution is -2.51. The fraction of sp³-hybridized carbons (Fsp3) is 0.500. The molecule has 2 aliphatic heterocycles. The quantitative estimate of drug-likeness (QED) is 0.725. The van der Waals surface area contributed by atoms with Gasteiger partial charge in [0.05, 0.1) is 6.04 Å². The van der Waals surface area contributed by atoms with Crippen molar-refractivity contribution in [3.8, 4) is 0 Å². The highest BCUT2D eigenvalue weighted by Gasteiger charge is 2.39. The number of hydrogen-bond acceptors (Lipinski definition) is 2. The zero-order chi connectivity index (χ0) is 21.1. The lowest BCUT2D eigenvalue weighted by molar-refractivity contribution is 0.153. The molecule has 2 heterocycles. The lowest BCUT2D eigenvalue weighted by atomic mass is 9.86. The van der Waals surface area contributed by atoms with Gasteiger partial charge in [0.1, 0.15) is 0 Å². The minimum absolute atomic E-state index is 0. The third-order valence-corrected chi connectivity index (χ3v) is 6.65. The summed E-state index contributed by atoms with van der Waals surface area (Å²) in [4.78, 5) is 18.0. The molecular formula is C26H37N3O. The van der Waals surface area contributed by atoms with Crippen molar-refractivity contribution in [1.82, 2.24) is 9.80 Å². The van der Waals surface area contributed by atoms with Gasteiger partial charge in [-0.3, -0.25) is 4.90 Å². The van der Waals surface area contributed by atoms with E-state index in [-0.39, 0.29) is 18.9 Å². The number of hydrogen-bond donors (Lipinski definition) is 1. The van der Waals surface area contributed by atoms with Gasteiger partial charge < -0.3 is 10.2 Å². The first-order chi connectivity index (χ1) is 14.4. The van der Waals surface area contributed by atoms with Crippen molar-refractivity contribution in [1.29, 1.82) is 0 Å². The summed E-state index contributed by atoms with van der Waals surface area (Å²) in [6.07, 6.45) is 4.37. The third kappa shape index (κ3) is 4.70. The van der Waals surface area contributed by atoms with Crippen molar-refractivity contribution in [2.45, 2.75) is 64.0 Å². The van der Waals surface area contributed by atoms with E-state index in [1.807, 2.05) is 30.3 Å². The molecule has 4 heteroatoms. The number of nitrogens with zero attached hydrogens (tertiary/aromatic N) is 2. The van der Waals surface area contributed by atoms with Crippen molar-refractivity contribution in [3.63, 3.8) is 0 Å². The Labute approximate surface area is 182 Å². The highest BCUT2D eigenvalue weighted by atomic mass is 16.2. The van der Waals surface area contributed by atoms with E-state index in [1.165, 1.54) is 24.0 Å². The molecule has 0 aliphatic carbocycles. The minimum atomic E-state index is 0. The minimum Gasteiger partial charge on any atom is -0.320 e. The van der Waals surface area contributed by atoms with Crippen LogP contribution in [0.4, 0.5) is 10.5 Å². The van der Waals surface area contributed by atoms with Gasteiger partial charge in [-0.25, -0.2) is 4.79 Å². The molecule has 2 aliphatic rings. The molecule has 2 saturated heterocycles. The van der Waals surface area contributed by atoms with Gasteiger partial charge in [-0.05, 0) is 60.9 Å². The monoisotopic (exact) mass is 407 g/mol. The van der Waals surface area contributed by atoms with Crippen LogP contribution < -0.4 is 5.32 Å². The molecule has 2 atom stereocenters. The van der Waals surface area contributed by atoms with Crippen LogP contribution in [0.5, 0.6) is 0 Å². The van der Waals surface area contributed by atoms with Crippen LogP contribution >= 0.6 is 0 Å². The number of rotatable bonds is 3. The van der Waals surface area contributed by atoms with Crippen molar-refractivity contribution in [2.75, 3.05) is 25.0 Å². The predicted molar refractivity (Wildman–Crippen MR) is 126 cm³/mol. The summed E-state index contributed by atoms with van der Waals surface area (Å²) in [5, 5.41) is 3.13. The summed E-state index contributed by atoms with van der Waals surface area (Å²) >= 11 is 0. The van der Waals surface area contributed by atoms with E-state index in [0.717, 1.165) is 38.2 Å². The standard InChI is InChI=1S/C26H35N3O.H2/c1-26(2,3)21-14-12-20(13-15-21)19-24-23-11-7-16-28(23)17-8-18-29(24)25(30)27-22-9-5-4-6-10-22;/h4-6,9-10,12-15,23-24H,7-8,11,16-19H2,1-3H3,(H,27,30);1H/t23-,24?;/m0./s1. The number of fused-ring (bicyclic) bond motifs is 1. The van der Waals surface area contributed by atoms with Crippen LogP contribution in [0.2, 0.25) is 0 Å². The Hall–Kier alpha value is -2.33. The summed E-state index contributed by atoms with van der Waals surface area (Å²) in [5.74, 6) is 0. The lowest BCUT2D eigenvalue weighted by Gasteiger charge is -2.36. The molecule has 4 nitrogen and oxygen atoms in total. The fourth-order valence-electron chi connectivity index (χ4n) is 4.98. The van der Waals surface area contributed by atoms with Crippen LogP contribution in [-0.4, -0.2) is 47.5 Å². The molecule has 0 spiro atoms. The second-order valence-corrected chi connectivity index (χ2v) is 9.81. The Morgan fingerprint density at radius 2 is 1.70 bits per heavy atom. The van der Waals surface area contributed by atoms with Gasteiger partial charge in [0, 0.05) is 26.2 Å². The molecule has 4 rings (SSSR count). The van der Waals surface area contributed by atoms with Crippen LogP contribution in [-0.2, 0) is 11.8 Å². The average molecular weight is 408 g/mol. The molecule has 0 aromatic heterocycles. The summed E-state index contributed by atoms with van der Waals surface area (Å²) < 4.78 is 0. The van der Waals surface area contributed by atoms with Crippen LogP contribution in [0.3, 0.4) is 0 Å². The van der Waals surface area contributed by atoms with E-state index < -0.39 is 0 Å². The van der Waals surface area contributed by atoms with Gasteiger partial charge in [-0.15, -0.1) is 0 Å². The topological polar surface area (TPSA) is 35.6 Å². The van der Waals surface area contributed by atoms with Gasteiger partial charge in [0.25, 0.3) is 0 Å². The molecule has 0 radical (unpaired) electrons. The Bertz CT molecular complexity index is 847. The summed E-state index contributed by atoms with van der Waals surface area (Å²) in [6, 6.07) is 19.5. The van der Waals surface area contributed by atoms with Crippen molar-refractivity contribution in [2.24, 2.45) is 0 Å². The van der Waals surface area contributed by atoms with Crippen LogP contribution in [0.1, 0.15) is 52.6 Å². The van der Waals surface area contributed by atoms with Crippen LogP contribution in [0.15, 0.2) is 54.6 Å². The summed E-state index contributed by atoms with van der Waals surface area (Å²) in [6.45, 7) is 9.83. The maximum absolute atomic E-state index is 13.3. The van der Waals surface area contributed by atoms with Crippen molar-refractivity contribution in [3.05, 3.63) is 65.7 Å². The van der Waals surface area contributed by atoms with Gasteiger partial charge in [0.15, 0.2) is 0 Å². The number of carbonyl (C=O) groups excluding carboxylic acids is 1. The first-order valence-electron chi connectivity index (χ1n) is 11.4.